The standard InChI is InChI=1S/C9H10ClNO4S2/c1-3-15-5(12)4-16-9-11-7(10)6(17-9)8(13)14-2/h3-4H2,1-2H3. The molecular formula is C9H10ClNO4S2. The third-order valence-electron chi connectivity index (χ3n) is 1.56. The van der Waals surface area contributed by atoms with Gasteiger partial charge < -0.3 is 9.47 Å². The van der Waals surface area contributed by atoms with Gasteiger partial charge in [0.2, 0.25) is 0 Å². The highest BCUT2D eigenvalue weighted by atomic mass is 35.5. The molecule has 0 radical (unpaired) electrons. The SMILES string of the molecule is CCOC(=O)CSc1nc(Cl)c(C(=O)OC)s1. The number of carbonyl (C=O) groups excluding carboxylic acids is 2. The number of rotatable bonds is 5. The molecule has 0 N–H and O–H groups in total. The lowest BCUT2D eigenvalue weighted by molar-refractivity contribution is -0.139. The summed E-state index contributed by atoms with van der Waals surface area (Å²) in [6.45, 7) is 2.07. The van der Waals surface area contributed by atoms with Crippen LogP contribution in [0.3, 0.4) is 0 Å². The fraction of sp³-hybridized carbons (Fsp3) is 0.444. The molecule has 1 aromatic rings. The van der Waals surface area contributed by atoms with E-state index in [1.54, 1.807) is 6.92 Å². The Bertz CT molecular complexity index is 421. The largest absolute Gasteiger partial charge is 0.465 e. The van der Waals surface area contributed by atoms with E-state index in [2.05, 4.69) is 9.72 Å². The number of hydrogen-bond donors (Lipinski definition) is 0. The first-order valence-electron chi connectivity index (χ1n) is 4.61. The summed E-state index contributed by atoms with van der Waals surface area (Å²) in [7, 11) is 1.27. The monoisotopic (exact) mass is 295 g/mol. The van der Waals surface area contributed by atoms with Crippen molar-refractivity contribution in [2.75, 3.05) is 19.5 Å². The summed E-state index contributed by atoms with van der Waals surface area (Å²) in [5.41, 5.74) is 0. The molecule has 5 nitrogen and oxygen atoms in total. The van der Waals surface area contributed by atoms with E-state index >= 15 is 0 Å². The van der Waals surface area contributed by atoms with Crippen LogP contribution in [0, 0.1) is 0 Å². The minimum atomic E-state index is -0.532. The van der Waals surface area contributed by atoms with Crippen molar-refractivity contribution in [1.82, 2.24) is 4.98 Å². The van der Waals surface area contributed by atoms with Gasteiger partial charge in [0.1, 0.15) is 0 Å². The Balaban J connectivity index is 2.61. The molecule has 0 aliphatic carbocycles. The Morgan fingerprint density at radius 3 is 2.82 bits per heavy atom. The molecule has 94 valence electrons. The summed E-state index contributed by atoms with van der Waals surface area (Å²) in [4.78, 5) is 26.5. The lowest BCUT2D eigenvalue weighted by Gasteiger charge is -1.98. The van der Waals surface area contributed by atoms with Gasteiger partial charge in [-0.25, -0.2) is 9.78 Å². The van der Waals surface area contributed by atoms with Gasteiger partial charge in [-0.2, -0.15) is 0 Å². The number of hydrogen-bond acceptors (Lipinski definition) is 7. The van der Waals surface area contributed by atoms with Crippen LogP contribution in [-0.2, 0) is 14.3 Å². The number of esters is 2. The second kappa shape index (κ2) is 6.83. The number of nitrogens with zero attached hydrogens (tertiary/aromatic N) is 1. The molecule has 0 spiro atoms. The first-order valence-corrected chi connectivity index (χ1v) is 6.79. The van der Waals surface area contributed by atoms with Crippen molar-refractivity contribution in [3.8, 4) is 0 Å². The van der Waals surface area contributed by atoms with Gasteiger partial charge in [0.15, 0.2) is 14.4 Å². The number of thiazole rings is 1. The number of aromatic nitrogens is 1. The summed E-state index contributed by atoms with van der Waals surface area (Å²) < 4.78 is 9.83. The molecule has 0 atom stereocenters. The highest BCUT2D eigenvalue weighted by Gasteiger charge is 2.18. The van der Waals surface area contributed by atoms with Gasteiger partial charge in [0.05, 0.1) is 19.5 Å². The average molecular weight is 296 g/mol. The maximum absolute atomic E-state index is 11.3. The molecular weight excluding hydrogens is 286 g/mol. The third-order valence-corrected chi connectivity index (χ3v) is 4.09. The van der Waals surface area contributed by atoms with Gasteiger partial charge in [0.25, 0.3) is 0 Å². The molecule has 0 saturated heterocycles. The van der Waals surface area contributed by atoms with E-state index in [1.807, 2.05) is 0 Å². The van der Waals surface area contributed by atoms with E-state index in [4.69, 9.17) is 16.3 Å². The summed E-state index contributed by atoms with van der Waals surface area (Å²) in [6, 6.07) is 0. The lowest BCUT2D eigenvalue weighted by atomic mass is 10.6. The maximum atomic E-state index is 11.3. The second-order valence-corrected chi connectivity index (χ2v) is 5.26. The molecule has 1 aromatic heterocycles. The Labute approximate surface area is 111 Å². The van der Waals surface area contributed by atoms with Crippen molar-refractivity contribution in [2.24, 2.45) is 0 Å². The van der Waals surface area contributed by atoms with E-state index < -0.39 is 5.97 Å². The molecule has 1 rings (SSSR count). The maximum Gasteiger partial charge on any atom is 0.351 e. The molecule has 0 saturated carbocycles. The van der Waals surface area contributed by atoms with E-state index in [0.29, 0.717) is 10.9 Å². The number of ether oxygens (including phenoxy) is 2. The van der Waals surface area contributed by atoms with Crippen LogP contribution in [-0.4, -0.2) is 36.4 Å². The molecule has 0 unspecified atom stereocenters. The zero-order chi connectivity index (χ0) is 12.8. The van der Waals surface area contributed by atoms with Crippen LogP contribution in [0.5, 0.6) is 0 Å². The fourth-order valence-corrected chi connectivity index (χ4v) is 3.02. The van der Waals surface area contributed by atoms with Crippen LogP contribution >= 0.6 is 34.7 Å². The molecule has 0 amide bonds. The van der Waals surface area contributed by atoms with Crippen LogP contribution in [0.25, 0.3) is 0 Å². The zero-order valence-corrected chi connectivity index (χ0v) is 11.6. The average Bonchev–Trinajstić information content (AvgIpc) is 2.67. The van der Waals surface area contributed by atoms with Gasteiger partial charge in [-0.1, -0.05) is 34.7 Å². The van der Waals surface area contributed by atoms with Gasteiger partial charge in [-0.15, -0.1) is 0 Å². The van der Waals surface area contributed by atoms with Crippen LogP contribution in [0.1, 0.15) is 16.6 Å². The summed E-state index contributed by atoms with van der Waals surface area (Å²) >= 11 is 8.03. The quantitative estimate of drug-likeness (QED) is 0.613. The molecule has 1 heterocycles. The number of carbonyl (C=O) groups is 2. The second-order valence-electron chi connectivity index (χ2n) is 2.68. The molecule has 0 aliphatic heterocycles. The van der Waals surface area contributed by atoms with E-state index in [1.165, 1.54) is 18.9 Å². The van der Waals surface area contributed by atoms with Crippen LogP contribution in [0.2, 0.25) is 5.15 Å². The van der Waals surface area contributed by atoms with Gasteiger partial charge in [-0.05, 0) is 6.92 Å². The van der Waals surface area contributed by atoms with Crippen LogP contribution in [0.4, 0.5) is 0 Å². The van der Waals surface area contributed by atoms with Crippen LogP contribution < -0.4 is 0 Å². The smallest absolute Gasteiger partial charge is 0.351 e. The lowest BCUT2D eigenvalue weighted by Crippen LogP contribution is -2.06. The Kier molecular flexibility index (Phi) is 5.73. The van der Waals surface area contributed by atoms with Gasteiger partial charge >= 0.3 is 11.9 Å². The number of methoxy groups -OCH3 is 1. The number of thioether (sulfide) groups is 1. The van der Waals surface area contributed by atoms with Gasteiger partial charge in [0, 0.05) is 0 Å². The summed E-state index contributed by atoms with van der Waals surface area (Å²) in [6.07, 6.45) is 0. The molecule has 0 aromatic carbocycles. The Hall–Kier alpha value is -0.790. The first-order chi connectivity index (χ1) is 8.08. The predicted octanol–water partition coefficient (Wildman–Crippen LogP) is 2.24. The minimum Gasteiger partial charge on any atom is -0.465 e. The molecule has 8 heteroatoms. The van der Waals surface area contributed by atoms with Gasteiger partial charge in [-0.3, -0.25) is 4.79 Å². The minimum absolute atomic E-state index is 0.0909. The van der Waals surface area contributed by atoms with E-state index in [9.17, 15) is 9.59 Å². The van der Waals surface area contributed by atoms with Crippen molar-refractivity contribution >= 4 is 46.6 Å². The van der Waals surface area contributed by atoms with Crippen molar-refractivity contribution < 1.29 is 19.1 Å². The topological polar surface area (TPSA) is 65.5 Å². The highest BCUT2D eigenvalue weighted by Crippen LogP contribution is 2.30. The normalized spacial score (nSPS) is 10.1. The Morgan fingerprint density at radius 2 is 2.24 bits per heavy atom. The summed E-state index contributed by atoms with van der Waals surface area (Å²) in [5.74, 6) is -0.725. The third kappa shape index (κ3) is 4.18. The Morgan fingerprint density at radius 1 is 1.53 bits per heavy atom. The fourth-order valence-electron chi connectivity index (χ4n) is 0.887. The van der Waals surface area contributed by atoms with Crippen molar-refractivity contribution in [3.63, 3.8) is 0 Å². The first kappa shape index (κ1) is 14.3. The number of halogens is 1. The van der Waals surface area contributed by atoms with Crippen molar-refractivity contribution in [3.05, 3.63) is 10.0 Å². The summed E-state index contributed by atoms with van der Waals surface area (Å²) in [5, 5.41) is 0.0909. The zero-order valence-electron chi connectivity index (χ0n) is 9.19. The van der Waals surface area contributed by atoms with Crippen LogP contribution in [0.15, 0.2) is 4.34 Å². The molecule has 17 heavy (non-hydrogen) atoms. The van der Waals surface area contributed by atoms with E-state index in [-0.39, 0.29) is 21.8 Å². The van der Waals surface area contributed by atoms with Crippen molar-refractivity contribution in [2.45, 2.75) is 11.3 Å². The van der Waals surface area contributed by atoms with E-state index in [0.717, 1.165) is 11.3 Å². The molecule has 0 bridgehead atoms. The highest BCUT2D eigenvalue weighted by molar-refractivity contribution is 8.01. The predicted molar refractivity (Wildman–Crippen MR) is 65.8 cm³/mol. The molecule has 0 aliphatic rings. The molecule has 0 fully saturated rings. The van der Waals surface area contributed by atoms with Crippen molar-refractivity contribution in [1.29, 1.82) is 0 Å².